The quantitative estimate of drug-likeness (QED) is 0.804. The molecule has 0 unspecified atom stereocenters. The molecule has 1 aromatic carbocycles. The molecule has 0 saturated carbocycles. The number of ether oxygens (including phenoxy) is 1. The smallest absolute Gasteiger partial charge is 0.311 e. The number of hydrogen-bond acceptors (Lipinski definition) is 4. The van der Waals surface area contributed by atoms with E-state index in [0.29, 0.717) is 6.54 Å². The van der Waals surface area contributed by atoms with Gasteiger partial charge in [0.1, 0.15) is 0 Å². The van der Waals surface area contributed by atoms with Gasteiger partial charge in [-0.15, -0.1) is 0 Å². The third-order valence-electron chi connectivity index (χ3n) is 3.92. The van der Waals surface area contributed by atoms with Crippen molar-refractivity contribution in [3.05, 3.63) is 29.8 Å². The molecule has 0 spiro atoms. The number of rotatable bonds is 6. The number of amides is 2. The third kappa shape index (κ3) is 4.34. The van der Waals surface area contributed by atoms with Crippen molar-refractivity contribution in [2.45, 2.75) is 39.7 Å². The van der Waals surface area contributed by atoms with Gasteiger partial charge < -0.3 is 15.0 Å². The lowest BCUT2D eigenvalue weighted by Gasteiger charge is -2.19. The average molecular weight is 332 g/mol. The standard InChI is InChI=1S/C18H24N2O4/c1-4-13-7-5-6-8-15(13)20-10-14(9-17(20)22)18(23)24-11-16(21)19-12(2)3/h5-8,12,14H,4,9-11H2,1-3H3,(H,19,21)/t14-/m0/s1. The summed E-state index contributed by atoms with van der Waals surface area (Å²) in [5.74, 6) is -1.46. The van der Waals surface area contributed by atoms with Gasteiger partial charge in [0.05, 0.1) is 5.92 Å². The number of anilines is 1. The molecule has 1 N–H and O–H groups in total. The number of hydrogen-bond donors (Lipinski definition) is 1. The van der Waals surface area contributed by atoms with E-state index in [2.05, 4.69) is 5.32 Å². The Balaban J connectivity index is 1.96. The minimum absolute atomic E-state index is 0.00898. The predicted octanol–water partition coefficient (Wildman–Crippen LogP) is 1.67. The second-order valence-corrected chi connectivity index (χ2v) is 6.22. The molecule has 1 aliphatic heterocycles. The van der Waals surface area contributed by atoms with E-state index >= 15 is 0 Å². The topological polar surface area (TPSA) is 75.7 Å². The summed E-state index contributed by atoms with van der Waals surface area (Å²) in [5, 5.41) is 2.65. The first-order chi connectivity index (χ1) is 11.4. The fraction of sp³-hybridized carbons (Fsp3) is 0.500. The number of benzene rings is 1. The molecule has 6 nitrogen and oxygen atoms in total. The molecule has 6 heteroatoms. The fourth-order valence-corrected chi connectivity index (χ4v) is 2.79. The van der Waals surface area contributed by atoms with Crippen LogP contribution in [0.2, 0.25) is 0 Å². The van der Waals surface area contributed by atoms with Crippen LogP contribution in [0, 0.1) is 5.92 Å². The lowest BCUT2D eigenvalue weighted by Crippen LogP contribution is -2.35. The van der Waals surface area contributed by atoms with Crippen LogP contribution >= 0.6 is 0 Å². The summed E-state index contributed by atoms with van der Waals surface area (Å²) in [4.78, 5) is 37.6. The van der Waals surface area contributed by atoms with Crippen LogP contribution in [0.15, 0.2) is 24.3 Å². The summed E-state index contributed by atoms with van der Waals surface area (Å²) in [5.41, 5.74) is 1.91. The van der Waals surface area contributed by atoms with E-state index in [0.717, 1.165) is 17.7 Å². The van der Waals surface area contributed by atoms with Crippen molar-refractivity contribution in [3.63, 3.8) is 0 Å². The number of carbonyl (C=O) groups excluding carboxylic acids is 3. The molecular weight excluding hydrogens is 308 g/mol. The van der Waals surface area contributed by atoms with Gasteiger partial charge in [-0.1, -0.05) is 25.1 Å². The van der Waals surface area contributed by atoms with Gasteiger partial charge in [-0.2, -0.15) is 0 Å². The van der Waals surface area contributed by atoms with Crippen LogP contribution in [0.3, 0.4) is 0 Å². The lowest BCUT2D eigenvalue weighted by atomic mass is 10.1. The summed E-state index contributed by atoms with van der Waals surface area (Å²) < 4.78 is 5.05. The van der Waals surface area contributed by atoms with Crippen molar-refractivity contribution in [2.24, 2.45) is 5.92 Å². The number of aryl methyl sites for hydroxylation is 1. The Labute approximate surface area is 142 Å². The SMILES string of the molecule is CCc1ccccc1N1C[C@@H](C(=O)OCC(=O)NC(C)C)CC1=O. The Morgan fingerprint density at radius 2 is 2.04 bits per heavy atom. The van der Waals surface area contributed by atoms with E-state index in [9.17, 15) is 14.4 Å². The van der Waals surface area contributed by atoms with E-state index < -0.39 is 11.9 Å². The fourth-order valence-electron chi connectivity index (χ4n) is 2.79. The number of nitrogens with one attached hydrogen (secondary N) is 1. The van der Waals surface area contributed by atoms with Crippen LogP contribution in [0.1, 0.15) is 32.8 Å². The number of nitrogens with zero attached hydrogens (tertiary/aromatic N) is 1. The van der Waals surface area contributed by atoms with Crippen LogP contribution < -0.4 is 10.2 Å². The molecule has 1 aromatic rings. The highest BCUT2D eigenvalue weighted by atomic mass is 16.5. The first kappa shape index (κ1) is 18.0. The van der Waals surface area contributed by atoms with Gasteiger partial charge in [0.15, 0.2) is 6.61 Å². The van der Waals surface area contributed by atoms with Gasteiger partial charge in [0.2, 0.25) is 5.91 Å². The second-order valence-electron chi connectivity index (χ2n) is 6.22. The molecule has 0 radical (unpaired) electrons. The number of esters is 1. The zero-order valence-electron chi connectivity index (χ0n) is 14.4. The first-order valence-electron chi connectivity index (χ1n) is 8.26. The average Bonchev–Trinajstić information content (AvgIpc) is 2.93. The summed E-state index contributed by atoms with van der Waals surface area (Å²) >= 11 is 0. The van der Waals surface area contributed by atoms with E-state index in [1.807, 2.05) is 45.0 Å². The molecular formula is C18H24N2O4. The molecule has 1 atom stereocenters. The Morgan fingerprint density at radius 1 is 1.33 bits per heavy atom. The van der Waals surface area contributed by atoms with Crippen LogP contribution in [0.4, 0.5) is 5.69 Å². The first-order valence-corrected chi connectivity index (χ1v) is 8.26. The van der Waals surface area contributed by atoms with Gasteiger partial charge in [0.25, 0.3) is 5.91 Å². The zero-order chi connectivity index (χ0) is 17.7. The Hall–Kier alpha value is -2.37. The normalized spacial score (nSPS) is 17.2. The largest absolute Gasteiger partial charge is 0.455 e. The molecule has 0 aliphatic carbocycles. The maximum Gasteiger partial charge on any atom is 0.311 e. The van der Waals surface area contributed by atoms with Crippen molar-refractivity contribution < 1.29 is 19.1 Å². The summed E-state index contributed by atoms with van der Waals surface area (Å²) in [6.07, 6.45) is 0.924. The summed E-state index contributed by atoms with van der Waals surface area (Å²) in [7, 11) is 0. The molecule has 2 rings (SSSR count). The minimum atomic E-state index is -0.533. The van der Waals surface area contributed by atoms with Crippen LogP contribution in [0.25, 0.3) is 0 Å². The molecule has 1 saturated heterocycles. The third-order valence-corrected chi connectivity index (χ3v) is 3.92. The molecule has 0 bridgehead atoms. The monoisotopic (exact) mass is 332 g/mol. The molecule has 130 valence electrons. The molecule has 24 heavy (non-hydrogen) atoms. The summed E-state index contributed by atoms with van der Waals surface area (Å²) in [6, 6.07) is 7.67. The maximum absolute atomic E-state index is 12.3. The Morgan fingerprint density at radius 3 is 2.71 bits per heavy atom. The summed E-state index contributed by atoms with van der Waals surface area (Å²) in [6.45, 7) is 5.67. The molecule has 2 amide bonds. The van der Waals surface area contributed by atoms with Gasteiger partial charge in [0, 0.05) is 24.7 Å². The van der Waals surface area contributed by atoms with Gasteiger partial charge >= 0.3 is 5.97 Å². The highest BCUT2D eigenvalue weighted by Crippen LogP contribution is 2.28. The minimum Gasteiger partial charge on any atom is -0.455 e. The van der Waals surface area contributed by atoms with Crippen LogP contribution in [0.5, 0.6) is 0 Å². The predicted molar refractivity (Wildman–Crippen MR) is 90.5 cm³/mol. The van der Waals surface area contributed by atoms with Crippen LogP contribution in [-0.2, 0) is 25.5 Å². The van der Waals surface area contributed by atoms with Crippen molar-refractivity contribution in [2.75, 3.05) is 18.1 Å². The highest BCUT2D eigenvalue weighted by molar-refractivity contribution is 6.00. The molecule has 0 aromatic heterocycles. The number of carbonyl (C=O) groups is 3. The van der Waals surface area contributed by atoms with Crippen molar-refractivity contribution in [3.8, 4) is 0 Å². The van der Waals surface area contributed by atoms with Gasteiger partial charge in [-0.3, -0.25) is 14.4 Å². The molecule has 1 aliphatic rings. The van der Waals surface area contributed by atoms with Crippen molar-refractivity contribution in [1.82, 2.24) is 5.32 Å². The van der Waals surface area contributed by atoms with E-state index in [1.165, 1.54) is 0 Å². The van der Waals surface area contributed by atoms with Gasteiger partial charge in [-0.25, -0.2) is 0 Å². The Kier molecular flexibility index (Phi) is 5.95. The highest BCUT2D eigenvalue weighted by Gasteiger charge is 2.36. The van der Waals surface area contributed by atoms with Crippen LogP contribution in [-0.4, -0.2) is 37.0 Å². The zero-order valence-corrected chi connectivity index (χ0v) is 14.4. The molecule has 1 heterocycles. The lowest BCUT2D eigenvalue weighted by molar-refractivity contribution is -0.152. The molecule has 1 fully saturated rings. The van der Waals surface area contributed by atoms with E-state index in [4.69, 9.17) is 4.74 Å². The second kappa shape index (κ2) is 7.95. The van der Waals surface area contributed by atoms with Crippen molar-refractivity contribution in [1.29, 1.82) is 0 Å². The Bertz CT molecular complexity index is 627. The van der Waals surface area contributed by atoms with Crippen molar-refractivity contribution >= 4 is 23.5 Å². The van der Waals surface area contributed by atoms with E-state index in [1.54, 1.807) is 4.90 Å². The number of para-hydroxylation sites is 1. The van der Waals surface area contributed by atoms with E-state index in [-0.39, 0.29) is 30.9 Å². The van der Waals surface area contributed by atoms with Gasteiger partial charge in [-0.05, 0) is 31.9 Å². The maximum atomic E-state index is 12.3.